The number of cyclic esters (lactones) is 1. The summed E-state index contributed by atoms with van der Waals surface area (Å²) in [5.74, 6) is -0.605. The highest BCUT2D eigenvalue weighted by molar-refractivity contribution is 5.73. The molecule has 0 aliphatic carbocycles. The predicted octanol–water partition coefficient (Wildman–Crippen LogP) is 2.57. The molecular weight excluding hydrogens is 312 g/mol. The van der Waals surface area contributed by atoms with Crippen LogP contribution >= 0.6 is 0 Å². The number of benzene rings is 1. The van der Waals surface area contributed by atoms with Crippen LogP contribution in [0.3, 0.4) is 0 Å². The second-order valence-corrected chi connectivity index (χ2v) is 6.31. The van der Waals surface area contributed by atoms with Crippen molar-refractivity contribution in [1.82, 2.24) is 0 Å². The van der Waals surface area contributed by atoms with Gasteiger partial charge in [0.1, 0.15) is 17.5 Å². The van der Waals surface area contributed by atoms with Crippen LogP contribution in [0.5, 0.6) is 5.75 Å². The molecule has 1 aliphatic rings. The van der Waals surface area contributed by atoms with Gasteiger partial charge in [-0.2, -0.15) is 0 Å². The van der Waals surface area contributed by atoms with Gasteiger partial charge >= 0.3 is 17.9 Å². The van der Waals surface area contributed by atoms with E-state index >= 15 is 0 Å². The summed E-state index contributed by atoms with van der Waals surface area (Å²) in [4.78, 5) is 33.9. The number of rotatable bonds is 5. The minimum Gasteiger partial charge on any atom is -0.462 e. The molecule has 0 aromatic heterocycles. The molecular formula is C18H22O6. The average Bonchev–Trinajstić information content (AvgIpc) is 2.43. The van der Waals surface area contributed by atoms with Crippen LogP contribution in [-0.2, 0) is 30.3 Å². The Kier molecular flexibility index (Phi) is 5.59. The normalized spacial score (nSPS) is 23.3. The molecule has 1 heterocycles. The Balaban J connectivity index is 1.92. The SMILES string of the molecule is CC(=O)Oc1ccc(CCC2CC(C)(OC(C)=O)CC(=O)O2)cc1. The Morgan fingerprint density at radius 3 is 2.46 bits per heavy atom. The van der Waals surface area contributed by atoms with E-state index in [0.717, 1.165) is 5.56 Å². The van der Waals surface area contributed by atoms with E-state index < -0.39 is 11.6 Å². The van der Waals surface area contributed by atoms with E-state index in [2.05, 4.69) is 0 Å². The van der Waals surface area contributed by atoms with E-state index in [-0.39, 0.29) is 24.5 Å². The van der Waals surface area contributed by atoms with E-state index in [1.807, 2.05) is 12.1 Å². The first-order valence-corrected chi connectivity index (χ1v) is 7.92. The average molecular weight is 334 g/mol. The van der Waals surface area contributed by atoms with Crippen LogP contribution in [0.15, 0.2) is 24.3 Å². The summed E-state index contributed by atoms with van der Waals surface area (Å²) in [6.07, 6.45) is 1.62. The van der Waals surface area contributed by atoms with Crippen LogP contribution in [0.1, 0.15) is 45.6 Å². The molecule has 0 radical (unpaired) electrons. The Morgan fingerprint density at radius 2 is 1.88 bits per heavy atom. The minimum absolute atomic E-state index is 0.0835. The summed E-state index contributed by atoms with van der Waals surface area (Å²) in [6.45, 7) is 4.45. The molecule has 6 nitrogen and oxygen atoms in total. The van der Waals surface area contributed by atoms with Gasteiger partial charge in [0.15, 0.2) is 0 Å². The second-order valence-electron chi connectivity index (χ2n) is 6.31. The van der Waals surface area contributed by atoms with Crippen LogP contribution in [0.4, 0.5) is 0 Å². The smallest absolute Gasteiger partial charge is 0.310 e. The standard InChI is InChI=1S/C18H22O6/c1-12(19)22-15-7-4-14(5-8-15)6-9-16-10-18(3,24-13(2)20)11-17(21)23-16/h4-5,7-8,16H,6,9-11H2,1-3H3. The van der Waals surface area contributed by atoms with Gasteiger partial charge in [-0.05, 0) is 37.5 Å². The Morgan fingerprint density at radius 1 is 1.21 bits per heavy atom. The van der Waals surface area contributed by atoms with E-state index in [4.69, 9.17) is 14.2 Å². The molecule has 1 fully saturated rings. The topological polar surface area (TPSA) is 78.9 Å². The molecule has 2 unspecified atom stereocenters. The highest BCUT2D eigenvalue weighted by Crippen LogP contribution is 2.31. The highest BCUT2D eigenvalue weighted by atomic mass is 16.6. The van der Waals surface area contributed by atoms with Crippen LogP contribution in [0, 0.1) is 0 Å². The van der Waals surface area contributed by atoms with Crippen molar-refractivity contribution < 1.29 is 28.6 Å². The van der Waals surface area contributed by atoms with Crippen LogP contribution < -0.4 is 4.74 Å². The lowest BCUT2D eigenvalue weighted by Crippen LogP contribution is -2.44. The maximum Gasteiger partial charge on any atom is 0.310 e. The molecule has 0 saturated carbocycles. The number of hydrogen-bond acceptors (Lipinski definition) is 6. The molecule has 2 atom stereocenters. The number of carbonyl (C=O) groups is 3. The third-order valence-corrected chi connectivity index (χ3v) is 3.81. The van der Waals surface area contributed by atoms with Gasteiger partial charge in [0.2, 0.25) is 0 Å². The molecule has 0 spiro atoms. The lowest BCUT2D eigenvalue weighted by molar-refractivity contribution is -0.181. The zero-order valence-electron chi connectivity index (χ0n) is 14.2. The summed E-state index contributed by atoms with van der Waals surface area (Å²) >= 11 is 0. The van der Waals surface area contributed by atoms with Gasteiger partial charge in [-0.15, -0.1) is 0 Å². The van der Waals surface area contributed by atoms with Gasteiger partial charge < -0.3 is 14.2 Å². The molecule has 1 aromatic rings. The Hall–Kier alpha value is -2.37. The maximum absolute atomic E-state index is 11.8. The van der Waals surface area contributed by atoms with Crippen LogP contribution in [0.25, 0.3) is 0 Å². The summed E-state index contributed by atoms with van der Waals surface area (Å²) in [5, 5.41) is 0. The van der Waals surface area contributed by atoms with Gasteiger partial charge in [0.05, 0.1) is 6.42 Å². The lowest BCUT2D eigenvalue weighted by Gasteiger charge is -2.36. The predicted molar refractivity (Wildman–Crippen MR) is 85.4 cm³/mol. The van der Waals surface area contributed by atoms with E-state index in [9.17, 15) is 14.4 Å². The van der Waals surface area contributed by atoms with Crippen molar-refractivity contribution in [1.29, 1.82) is 0 Å². The highest BCUT2D eigenvalue weighted by Gasteiger charge is 2.40. The van der Waals surface area contributed by atoms with Gasteiger partial charge in [0.25, 0.3) is 0 Å². The van der Waals surface area contributed by atoms with Crippen molar-refractivity contribution in [2.45, 2.75) is 58.2 Å². The summed E-state index contributed by atoms with van der Waals surface area (Å²) < 4.78 is 15.6. The number of esters is 3. The monoisotopic (exact) mass is 334 g/mol. The number of hydrogen-bond donors (Lipinski definition) is 0. The third kappa shape index (κ3) is 5.37. The third-order valence-electron chi connectivity index (χ3n) is 3.81. The van der Waals surface area contributed by atoms with Gasteiger partial charge in [-0.3, -0.25) is 14.4 Å². The first-order valence-electron chi connectivity index (χ1n) is 7.92. The molecule has 130 valence electrons. The summed E-state index contributed by atoms with van der Waals surface area (Å²) in [5.41, 5.74) is 0.243. The fourth-order valence-corrected chi connectivity index (χ4v) is 2.93. The number of ether oxygens (including phenoxy) is 3. The van der Waals surface area contributed by atoms with Crippen molar-refractivity contribution in [2.75, 3.05) is 0 Å². The molecule has 6 heteroatoms. The van der Waals surface area contributed by atoms with E-state index in [1.165, 1.54) is 13.8 Å². The Labute approximate surface area is 141 Å². The van der Waals surface area contributed by atoms with Gasteiger partial charge in [0, 0.05) is 20.3 Å². The lowest BCUT2D eigenvalue weighted by atomic mass is 9.89. The molecule has 1 aromatic carbocycles. The maximum atomic E-state index is 11.8. The van der Waals surface area contributed by atoms with Crippen LogP contribution in [0.2, 0.25) is 0 Å². The Bertz CT molecular complexity index is 617. The zero-order valence-corrected chi connectivity index (χ0v) is 14.2. The second kappa shape index (κ2) is 7.47. The summed E-state index contributed by atoms with van der Waals surface area (Å²) in [7, 11) is 0. The van der Waals surface area contributed by atoms with Gasteiger partial charge in [-0.25, -0.2) is 0 Å². The number of aryl methyl sites for hydroxylation is 1. The van der Waals surface area contributed by atoms with E-state index in [0.29, 0.717) is 25.0 Å². The van der Waals surface area contributed by atoms with Gasteiger partial charge in [-0.1, -0.05) is 12.1 Å². The molecule has 0 N–H and O–H groups in total. The fraction of sp³-hybridized carbons (Fsp3) is 0.500. The van der Waals surface area contributed by atoms with Crippen molar-refractivity contribution in [3.63, 3.8) is 0 Å². The molecule has 0 amide bonds. The minimum atomic E-state index is -0.801. The molecule has 1 aliphatic heterocycles. The largest absolute Gasteiger partial charge is 0.462 e. The van der Waals surface area contributed by atoms with Crippen molar-refractivity contribution in [3.8, 4) is 5.75 Å². The molecule has 1 saturated heterocycles. The van der Waals surface area contributed by atoms with E-state index in [1.54, 1.807) is 19.1 Å². The first-order chi connectivity index (χ1) is 11.3. The van der Waals surface area contributed by atoms with Crippen molar-refractivity contribution >= 4 is 17.9 Å². The number of carbonyl (C=O) groups excluding carboxylic acids is 3. The quantitative estimate of drug-likeness (QED) is 0.608. The van der Waals surface area contributed by atoms with Crippen molar-refractivity contribution in [3.05, 3.63) is 29.8 Å². The first kappa shape index (κ1) is 18.0. The fourth-order valence-electron chi connectivity index (χ4n) is 2.93. The molecule has 24 heavy (non-hydrogen) atoms. The molecule has 2 rings (SSSR count). The molecule has 0 bridgehead atoms. The summed E-state index contributed by atoms with van der Waals surface area (Å²) in [6, 6.07) is 7.20. The zero-order chi connectivity index (χ0) is 17.7. The van der Waals surface area contributed by atoms with Crippen molar-refractivity contribution in [2.24, 2.45) is 0 Å². The van der Waals surface area contributed by atoms with Crippen LogP contribution in [-0.4, -0.2) is 29.6 Å².